The van der Waals surface area contributed by atoms with Crippen molar-refractivity contribution in [3.8, 4) is 0 Å². The number of carbonyl (C=O) groups is 1. The highest BCUT2D eigenvalue weighted by molar-refractivity contribution is 7.92. The van der Waals surface area contributed by atoms with E-state index in [1.807, 2.05) is 6.92 Å². The fraction of sp³-hybridized carbons (Fsp3) is 0.235. The van der Waals surface area contributed by atoms with Crippen LogP contribution in [0.25, 0.3) is 0 Å². The molecule has 0 aromatic heterocycles. The van der Waals surface area contributed by atoms with Gasteiger partial charge in [-0.15, -0.1) is 0 Å². The van der Waals surface area contributed by atoms with Gasteiger partial charge in [-0.1, -0.05) is 29.8 Å². The van der Waals surface area contributed by atoms with E-state index < -0.39 is 38.7 Å². The van der Waals surface area contributed by atoms with E-state index >= 15 is 0 Å². The van der Waals surface area contributed by atoms with E-state index in [0.29, 0.717) is 5.56 Å². The van der Waals surface area contributed by atoms with Gasteiger partial charge in [0.05, 0.1) is 16.1 Å². The quantitative estimate of drug-likeness (QED) is 0.933. The van der Waals surface area contributed by atoms with E-state index in [0.717, 1.165) is 5.56 Å². The van der Waals surface area contributed by atoms with Crippen LogP contribution in [0.3, 0.4) is 0 Å². The van der Waals surface area contributed by atoms with Crippen LogP contribution in [-0.2, 0) is 14.6 Å². The number of carboxylic acid groups (broad SMARTS) is 1. The summed E-state index contributed by atoms with van der Waals surface area (Å²) >= 11 is 0. The highest BCUT2D eigenvalue weighted by Gasteiger charge is 2.63. The van der Waals surface area contributed by atoms with Gasteiger partial charge in [-0.05, 0) is 36.8 Å². The minimum atomic E-state index is -3.79. The van der Waals surface area contributed by atoms with Gasteiger partial charge in [0.2, 0.25) is 0 Å². The van der Waals surface area contributed by atoms with Crippen LogP contribution in [0.5, 0.6) is 0 Å². The lowest BCUT2D eigenvalue weighted by molar-refractivity contribution is -0.138. The van der Waals surface area contributed by atoms with Gasteiger partial charge < -0.3 is 5.11 Å². The molecule has 3 atom stereocenters. The predicted molar refractivity (Wildman–Crippen MR) is 82.4 cm³/mol. The molecule has 1 fully saturated rings. The van der Waals surface area contributed by atoms with Crippen molar-refractivity contribution < 1.29 is 22.7 Å². The van der Waals surface area contributed by atoms with Crippen LogP contribution in [0.1, 0.15) is 17.0 Å². The van der Waals surface area contributed by atoms with Gasteiger partial charge in [0.15, 0.2) is 9.84 Å². The third kappa shape index (κ3) is 2.74. The maximum absolute atomic E-state index is 13.4. The van der Waals surface area contributed by atoms with Gasteiger partial charge in [-0.25, -0.2) is 12.8 Å². The predicted octanol–water partition coefficient (Wildman–Crippen LogP) is 2.77. The van der Waals surface area contributed by atoms with E-state index in [-0.39, 0.29) is 4.90 Å². The molecular formula is C17H15FO4S. The zero-order valence-electron chi connectivity index (χ0n) is 12.3. The number of halogens is 1. The molecule has 3 rings (SSSR count). The topological polar surface area (TPSA) is 71.4 Å². The standard InChI is InChI=1S/C17H15FO4S/c1-10-5-7-13(8-6-10)23(21,22)16-14(15(16)17(19)20)11-3-2-4-12(18)9-11/h2-9,14-16H,1H3,(H,19,20). The lowest BCUT2D eigenvalue weighted by atomic mass is 10.1. The van der Waals surface area contributed by atoms with Crippen molar-refractivity contribution in [2.24, 2.45) is 5.92 Å². The van der Waals surface area contributed by atoms with Crippen LogP contribution in [0.2, 0.25) is 0 Å². The first kappa shape index (κ1) is 15.7. The Bertz CT molecular complexity index is 858. The Balaban J connectivity index is 2.00. The Hall–Kier alpha value is -2.21. The third-order valence-electron chi connectivity index (χ3n) is 4.18. The largest absolute Gasteiger partial charge is 0.481 e. The highest BCUT2D eigenvalue weighted by atomic mass is 32.2. The number of aryl methyl sites for hydroxylation is 1. The number of rotatable bonds is 4. The zero-order chi connectivity index (χ0) is 16.8. The van der Waals surface area contributed by atoms with Crippen LogP contribution in [0.4, 0.5) is 4.39 Å². The molecule has 0 saturated heterocycles. The van der Waals surface area contributed by atoms with Crippen LogP contribution in [-0.4, -0.2) is 24.7 Å². The summed E-state index contributed by atoms with van der Waals surface area (Å²) in [5.74, 6) is -3.47. The first-order chi connectivity index (χ1) is 10.8. The zero-order valence-corrected chi connectivity index (χ0v) is 13.1. The number of hydrogen-bond acceptors (Lipinski definition) is 3. The molecule has 120 valence electrons. The Morgan fingerprint density at radius 3 is 2.35 bits per heavy atom. The SMILES string of the molecule is Cc1ccc(S(=O)(=O)C2C(C(=O)O)C2c2cccc(F)c2)cc1. The Labute approximate surface area is 133 Å². The first-order valence-electron chi connectivity index (χ1n) is 7.11. The van der Waals surface area contributed by atoms with Crippen molar-refractivity contribution in [2.75, 3.05) is 0 Å². The Kier molecular flexibility index (Phi) is 3.72. The van der Waals surface area contributed by atoms with Crippen molar-refractivity contribution >= 4 is 15.8 Å². The minimum Gasteiger partial charge on any atom is -0.481 e. The van der Waals surface area contributed by atoms with E-state index in [4.69, 9.17) is 0 Å². The average Bonchev–Trinajstić information content (AvgIpc) is 3.24. The molecule has 0 aliphatic heterocycles. The van der Waals surface area contributed by atoms with E-state index in [1.54, 1.807) is 18.2 Å². The van der Waals surface area contributed by atoms with Crippen molar-refractivity contribution in [1.29, 1.82) is 0 Å². The van der Waals surface area contributed by atoms with Crippen molar-refractivity contribution in [3.05, 3.63) is 65.5 Å². The molecule has 1 aliphatic carbocycles. The number of carboxylic acids is 1. The molecule has 1 saturated carbocycles. The van der Waals surface area contributed by atoms with E-state index in [1.165, 1.54) is 30.3 Å². The Morgan fingerprint density at radius 2 is 1.78 bits per heavy atom. The van der Waals surface area contributed by atoms with Crippen LogP contribution < -0.4 is 0 Å². The molecule has 2 aromatic rings. The third-order valence-corrected chi connectivity index (χ3v) is 6.41. The van der Waals surface area contributed by atoms with Gasteiger partial charge in [0, 0.05) is 5.92 Å². The number of sulfone groups is 1. The van der Waals surface area contributed by atoms with Crippen LogP contribution >= 0.6 is 0 Å². The van der Waals surface area contributed by atoms with E-state index in [2.05, 4.69) is 0 Å². The van der Waals surface area contributed by atoms with E-state index in [9.17, 15) is 22.7 Å². The fourth-order valence-electron chi connectivity index (χ4n) is 2.96. The van der Waals surface area contributed by atoms with Gasteiger partial charge in [0.1, 0.15) is 5.82 Å². The normalized spacial score (nSPS) is 23.5. The maximum Gasteiger partial charge on any atom is 0.308 e. The monoisotopic (exact) mass is 334 g/mol. The van der Waals surface area contributed by atoms with Crippen molar-refractivity contribution in [2.45, 2.75) is 23.0 Å². The maximum atomic E-state index is 13.4. The molecule has 6 heteroatoms. The number of hydrogen-bond donors (Lipinski definition) is 1. The second kappa shape index (κ2) is 5.45. The lowest BCUT2D eigenvalue weighted by Gasteiger charge is -2.05. The lowest BCUT2D eigenvalue weighted by Crippen LogP contribution is -2.13. The smallest absolute Gasteiger partial charge is 0.308 e. The molecular weight excluding hydrogens is 319 g/mol. The van der Waals surface area contributed by atoms with Crippen LogP contribution in [0, 0.1) is 18.7 Å². The Morgan fingerprint density at radius 1 is 1.13 bits per heavy atom. The summed E-state index contributed by atoms with van der Waals surface area (Å²) in [4.78, 5) is 11.5. The summed E-state index contributed by atoms with van der Waals surface area (Å²) in [5.41, 5.74) is 1.31. The van der Waals surface area contributed by atoms with Gasteiger partial charge in [-0.2, -0.15) is 0 Å². The molecule has 1 N–H and O–H groups in total. The fourth-order valence-corrected chi connectivity index (χ4v) is 5.08. The summed E-state index contributed by atoms with van der Waals surface area (Å²) in [6.07, 6.45) is 0. The first-order valence-corrected chi connectivity index (χ1v) is 8.66. The summed E-state index contributed by atoms with van der Waals surface area (Å²) < 4.78 is 38.8. The minimum absolute atomic E-state index is 0.0956. The molecule has 0 radical (unpaired) electrons. The molecule has 3 unspecified atom stereocenters. The second-order valence-corrected chi connectivity index (χ2v) is 7.87. The molecule has 0 amide bonds. The molecule has 2 aromatic carbocycles. The molecule has 4 nitrogen and oxygen atoms in total. The van der Waals surface area contributed by atoms with Crippen molar-refractivity contribution in [1.82, 2.24) is 0 Å². The summed E-state index contributed by atoms with van der Waals surface area (Å²) in [6.45, 7) is 1.84. The average molecular weight is 334 g/mol. The number of benzene rings is 2. The molecule has 1 aliphatic rings. The summed E-state index contributed by atoms with van der Waals surface area (Å²) in [5, 5.41) is 8.26. The van der Waals surface area contributed by atoms with Crippen molar-refractivity contribution in [3.63, 3.8) is 0 Å². The van der Waals surface area contributed by atoms with Gasteiger partial charge in [-0.3, -0.25) is 4.79 Å². The number of aliphatic carboxylic acids is 1. The van der Waals surface area contributed by atoms with Crippen LogP contribution in [0.15, 0.2) is 53.4 Å². The summed E-state index contributed by atoms with van der Waals surface area (Å²) in [6, 6.07) is 11.8. The molecule has 0 bridgehead atoms. The molecule has 0 heterocycles. The van der Waals surface area contributed by atoms with Gasteiger partial charge >= 0.3 is 5.97 Å². The molecule has 23 heavy (non-hydrogen) atoms. The second-order valence-electron chi connectivity index (χ2n) is 5.77. The molecule has 0 spiro atoms. The van der Waals surface area contributed by atoms with Gasteiger partial charge in [0.25, 0.3) is 0 Å². The summed E-state index contributed by atoms with van der Waals surface area (Å²) in [7, 11) is -3.79. The highest BCUT2D eigenvalue weighted by Crippen LogP contribution is 2.54.